The Morgan fingerprint density at radius 1 is 1.10 bits per heavy atom. The summed E-state index contributed by atoms with van der Waals surface area (Å²) in [6.45, 7) is 7.73. The fraction of sp³-hybridized carbons (Fsp3) is 0.348. The lowest BCUT2D eigenvalue weighted by atomic mass is 10.2. The molecule has 2 fully saturated rings. The number of carbonyl (C=O) groups is 3. The number of benzene rings is 1. The molecule has 162 valence electrons. The first-order valence-corrected chi connectivity index (χ1v) is 11.0. The first-order valence-electron chi connectivity index (χ1n) is 10.2. The summed E-state index contributed by atoms with van der Waals surface area (Å²) in [6.07, 6.45) is 1.75. The molecule has 0 N–H and O–H groups in total. The van der Waals surface area contributed by atoms with Crippen LogP contribution in [-0.4, -0.2) is 64.3 Å². The fourth-order valence-electron chi connectivity index (χ4n) is 3.85. The zero-order valence-corrected chi connectivity index (χ0v) is 18.7. The predicted molar refractivity (Wildman–Crippen MR) is 120 cm³/mol. The van der Waals surface area contributed by atoms with E-state index in [-0.39, 0.29) is 12.5 Å². The number of ether oxygens (including phenoxy) is 1. The Morgan fingerprint density at radius 3 is 2.45 bits per heavy atom. The summed E-state index contributed by atoms with van der Waals surface area (Å²) in [5, 5.41) is -0.412. The Kier molecular flexibility index (Phi) is 6.02. The lowest BCUT2D eigenvalue weighted by Crippen LogP contribution is -2.46. The number of amides is 3. The number of imide groups is 1. The molecule has 3 amide bonds. The molecule has 0 spiro atoms. The highest BCUT2D eigenvalue weighted by Gasteiger charge is 2.37. The second kappa shape index (κ2) is 8.72. The van der Waals surface area contributed by atoms with Crippen LogP contribution in [0.2, 0.25) is 0 Å². The molecule has 3 heterocycles. The van der Waals surface area contributed by atoms with Crippen LogP contribution in [0, 0.1) is 20.8 Å². The van der Waals surface area contributed by atoms with Gasteiger partial charge in [0, 0.05) is 30.2 Å². The lowest BCUT2D eigenvalue weighted by molar-refractivity contribution is -0.139. The Labute approximate surface area is 185 Å². The van der Waals surface area contributed by atoms with Crippen molar-refractivity contribution in [3.63, 3.8) is 0 Å². The van der Waals surface area contributed by atoms with Crippen molar-refractivity contribution in [1.82, 2.24) is 14.4 Å². The van der Waals surface area contributed by atoms with Crippen molar-refractivity contribution in [2.24, 2.45) is 0 Å². The third-order valence-corrected chi connectivity index (χ3v) is 6.49. The zero-order valence-electron chi connectivity index (χ0n) is 17.9. The summed E-state index contributed by atoms with van der Waals surface area (Å²) in [5.74, 6) is -0.652. The van der Waals surface area contributed by atoms with Crippen molar-refractivity contribution < 1.29 is 19.1 Å². The monoisotopic (exact) mass is 439 g/mol. The zero-order chi connectivity index (χ0) is 22.1. The van der Waals surface area contributed by atoms with Gasteiger partial charge in [0.15, 0.2) is 0 Å². The molecule has 0 unspecified atom stereocenters. The van der Waals surface area contributed by atoms with Crippen LogP contribution in [0.15, 0.2) is 35.2 Å². The number of thioether (sulfide) groups is 1. The van der Waals surface area contributed by atoms with Gasteiger partial charge >= 0.3 is 0 Å². The second-order valence-electron chi connectivity index (χ2n) is 7.76. The van der Waals surface area contributed by atoms with Gasteiger partial charge < -0.3 is 14.2 Å². The first-order chi connectivity index (χ1) is 14.8. The van der Waals surface area contributed by atoms with Crippen molar-refractivity contribution in [2.75, 3.05) is 32.8 Å². The van der Waals surface area contributed by atoms with Crippen molar-refractivity contribution in [3.05, 3.63) is 57.8 Å². The van der Waals surface area contributed by atoms with E-state index in [1.54, 1.807) is 11.0 Å². The quantitative estimate of drug-likeness (QED) is 0.684. The van der Waals surface area contributed by atoms with Crippen LogP contribution in [0.4, 0.5) is 4.79 Å². The van der Waals surface area contributed by atoms with Gasteiger partial charge in [0.25, 0.3) is 11.1 Å². The van der Waals surface area contributed by atoms with Crippen LogP contribution in [-0.2, 0) is 14.3 Å². The molecule has 0 bridgehead atoms. The summed E-state index contributed by atoms with van der Waals surface area (Å²) in [5.41, 5.74) is 5.13. The normalized spacial score (nSPS) is 18.4. The SMILES string of the molecule is Cc1ccc(-n2c(C)cc(/C=C3\SC(=O)N(CC(=O)N4CCOCC4)C3=O)c2C)cc1. The molecule has 0 saturated carbocycles. The first kappa shape index (κ1) is 21.4. The van der Waals surface area contributed by atoms with Gasteiger partial charge in [-0.05, 0) is 62.4 Å². The topological polar surface area (TPSA) is 71.8 Å². The second-order valence-corrected chi connectivity index (χ2v) is 8.75. The fourth-order valence-corrected chi connectivity index (χ4v) is 4.68. The van der Waals surface area contributed by atoms with Gasteiger partial charge in [0.05, 0.1) is 18.1 Å². The molecule has 1 aromatic carbocycles. The van der Waals surface area contributed by atoms with E-state index in [2.05, 4.69) is 28.8 Å². The number of aromatic nitrogens is 1. The van der Waals surface area contributed by atoms with Crippen LogP contribution in [0.3, 0.4) is 0 Å². The number of morpholine rings is 1. The molecule has 0 radical (unpaired) electrons. The molecular weight excluding hydrogens is 414 g/mol. The number of carbonyl (C=O) groups excluding carboxylic acids is 3. The van der Waals surface area contributed by atoms with E-state index < -0.39 is 11.1 Å². The highest BCUT2D eigenvalue weighted by atomic mass is 32.2. The number of nitrogens with zero attached hydrogens (tertiary/aromatic N) is 3. The van der Waals surface area contributed by atoms with Gasteiger partial charge in [-0.15, -0.1) is 0 Å². The maximum absolute atomic E-state index is 12.9. The van der Waals surface area contributed by atoms with E-state index in [0.717, 1.165) is 39.3 Å². The largest absolute Gasteiger partial charge is 0.378 e. The van der Waals surface area contributed by atoms with E-state index in [4.69, 9.17) is 4.74 Å². The van der Waals surface area contributed by atoms with Crippen molar-refractivity contribution >= 4 is 34.9 Å². The summed E-state index contributed by atoms with van der Waals surface area (Å²) < 4.78 is 7.37. The average Bonchev–Trinajstić information content (AvgIpc) is 3.19. The Bertz CT molecular complexity index is 1070. The highest BCUT2D eigenvalue weighted by molar-refractivity contribution is 8.18. The third-order valence-electron chi connectivity index (χ3n) is 5.58. The van der Waals surface area contributed by atoms with Crippen LogP contribution in [0.25, 0.3) is 11.8 Å². The van der Waals surface area contributed by atoms with Gasteiger partial charge in [-0.3, -0.25) is 19.3 Å². The minimum absolute atomic E-state index is 0.232. The van der Waals surface area contributed by atoms with E-state index in [9.17, 15) is 14.4 Å². The molecule has 2 aliphatic heterocycles. The number of hydrogen-bond donors (Lipinski definition) is 0. The molecule has 2 saturated heterocycles. The molecule has 0 atom stereocenters. The van der Waals surface area contributed by atoms with Gasteiger partial charge in [-0.2, -0.15) is 0 Å². The molecule has 0 aliphatic carbocycles. The van der Waals surface area contributed by atoms with Crippen LogP contribution >= 0.6 is 11.8 Å². The number of rotatable bonds is 4. The maximum atomic E-state index is 12.9. The average molecular weight is 440 g/mol. The minimum Gasteiger partial charge on any atom is -0.378 e. The van der Waals surface area contributed by atoms with Crippen molar-refractivity contribution in [3.8, 4) is 5.69 Å². The van der Waals surface area contributed by atoms with Gasteiger partial charge in [-0.25, -0.2) is 0 Å². The molecule has 4 rings (SSSR count). The third kappa shape index (κ3) is 4.31. The number of aryl methyl sites for hydroxylation is 2. The minimum atomic E-state index is -0.420. The maximum Gasteiger partial charge on any atom is 0.294 e. The van der Waals surface area contributed by atoms with E-state index in [0.29, 0.717) is 31.2 Å². The molecule has 1 aromatic heterocycles. The molecule has 2 aromatic rings. The van der Waals surface area contributed by atoms with E-state index >= 15 is 0 Å². The van der Waals surface area contributed by atoms with Crippen molar-refractivity contribution in [1.29, 1.82) is 0 Å². The number of hydrogen-bond acceptors (Lipinski definition) is 5. The highest BCUT2D eigenvalue weighted by Crippen LogP contribution is 2.33. The summed E-state index contributed by atoms with van der Waals surface area (Å²) in [4.78, 5) is 40.8. The van der Waals surface area contributed by atoms with Crippen LogP contribution in [0.5, 0.6) is 0 Å². The Hall–Kier alpha value is -2.84. The Morgan fingerprint density at radius 2 is 1.77 bits per heavy atom. The smallest absolute Gasteiger partial charge is 0.294 e. The summed E-state index contributed by atoms with van der Waals surface area (Å²) >= 11 is 0.881. The molecule has 2 aliphatic rings. The summed E-state index contributed by atoms with van der Waals surface area (Å²) in [7, 11) is 0. The van der Waals surface area contributed by atoms with E-state index in [1.807, 2.05) is 26.8 Å². The lowest BCUT2D eigenvalue weighted by Gasteiger charge is -2.28. The van der Waals surface area contributed by atoms with Gasteiger partial charge in [0.2, 0.25) is 5.91 Å². The molecule has 8 heteroatoms. The Balaban J connectivity index is 1.55. The van der Waals surface area contributed by atoms with Crippen molar-refractivity contribution in [2.45, 2.75) is 20.8 Å². The van der Waals surface area contributed by atoms with Gasteiger partial charge in [-0.1, -0.05) is 17.7 Å². The predicted octanol–water partition coefficient (Wildman–Crippen LogP) is 3.30. The van der Waals surface area contributed by atoms with Crippen LogP contribution in [0.1, 0.15) is 22.5 Å². The summed E-state index contributed by atoms with van der Waals surface area (Å²) in [6, 6.07) is 10.2. The van der Waals surface area contributed by atoms with E-state index in [1.165, 1.54) is 5.56 Å². The standard InChI is InChI=1S/C23H25N3O4S/c1-15-4-6-19(7-5-15)26-16(2)12-18(17(26)3)13-20-22(28)25(23(29)31-20)14-21(27)24-8-10-30-11-9-24/h4-7,12-13H,8-11,14H2,1-3H3/b20-13-. The molecule has 7 nitrogen and oxygen atoms in total. The molecule has 31 heavy (non-hydrogen) atoms. The van der Waals surface area contributed by atoms with Crippen LogP contribution < -0.4 is 0 Å². The van der Waals surface area contributed by atoms with Gasteiger partial charge in [0.1, 0.15) is 6.54 Å². The molecular formula is C23H25N3O4S.